The van der Waals surface area contributed by atoms with Gasteiger partial charge in [0, 0.05) is 5.39 Å². The van der Waals surface area contributed by atoms with Gasteiger partial charge in [0.15, 0.2) is 0 Å². The van der Waals surface area contributed by atoms with Crippen molar-refractivity contribution in [1.82, 2.24) is 4.98 Å². The Hall–Kier alpha value is -2.30. The van der Waals surface area contributed by atoms with Crippen LogP contribution >= 0.6 is 0 Å². The van der Waals surface area contributed by atoms with Crippen LogP contribution in [0.2, 0.25) is 0 Å². The van der Waals surface area contributed by atoms with Gasteiger partial charge in [-0.3, -0.25) is 4.79 Å². The number of hydrogen-bond donors (Lipinski definition) is 2. The SMILES string of the molecule is COC(=O)c1ccc(C)c2[nH]c(C(N)=O)c(C)c12. The molecule has 0 spiro atoms. The van der Waals surface area contributed by atoms with Crippen LogP contribution in [-0.2, 0) is 4.74 Å². The molecule has 0 aliphatic carbocycles. The number of H-pyrrole nitrogens is 1. The number of methoxy groups -OCH3 is 1. The third kappa shape index (κ3) is 1.64. The fourth-order valence-corrected chi connectivity index (χ4v) is 2.13. The molecule has 94 valence electrons. The van der Waals surface area contributed by atoms with Crippen molar-refractivity contribution in [2.24, 2.45) is 5.73 Å². The van der Waals surface area contributed by atoms with Crippen molar-refractivity contribution < 1.29 is 14.3 Å². The summed E-state index contributed by atoms with van der Waals surface area (Å²) in [5, 5.41) is 0.690. The van der Waals surface area contributed by atoms with Crippen LogP contribution in [0.3, 0.4) is 0 Å². The number of nitrogens with one attached hydrogen (secondary N) is 1. The van der Waals surface area contributed by atoms with Gasteiger partial charge in [-0.2, -0.15) is 0 Å². The molecule has 0 atom stereocenters. The minimum absolute atomic E-state index is 0.324. The number of primary amides is 1. The maximum atomic E-state index is 11.7. The average Bonchev–Trinajstić information content (AvgIpc) is 2.68. The molecule has 2 aromatic rings. The lowest BCUT2D eigenvalue weighted by Crippen LogP contribution is -2.12. The van der Waals surface area contributed by atoms with Gasteiger partial charge in [0.05, 0.1) is 18.2 Å². The number of esters is 1. The van der Waals surface area contributed by atoms with Gasteiger partial charge in [0.2, 0.25) is 0 Å². The zero-order valence-corrected chi connectivity index (χ0v) is 10.5. The number of amides is 1. The van der Waals surface area contributed by atoms with Crippen LogP contribution in [0, 0.1) is 13.8 Å². The first kappa shape index (κ1) is 12.2. The van der Waals surface area contributed by atoms with Crippen LogP contribution in [0.4, 0.5) is 0 Å². The van der Waals surface area contributed by atoms with E-state index in [0.29, 0.717) is 22.2 Å². The molecule has 2 rings (SSSR count). The normalized spacial score (nSPS) is 10.6. The molecule has 1 aromatic carbocycles. The Kier molecular flexibility index (Phi) is 2.82. The number of fused-ring (bicyclic) bond motifs is 1. The van der Waals surface area contributed by atoms with Crippen LogP contribution in [0.5, 0.6) is 0 Å². The molecule has 5 nitrogen and oxygen atoms in total. The Balaban J connectivity index is 2.87. The van der Waals surface area contributed by atoms with E-state index < -0.39 is 11.9 Å². The van der Waals surface area contributed by atoms with Gasteiger partial charge >= 0.3 is 5.97 Å². The second kappa shape index (κ2) is 4.18. The first-order chi connectivity index (χ1) is 8.47. The van der Waals surface area contributed by atoms with Crippen molar-refractivity contribution in [2.45, 2.75) is 13.8 Å². The predicted molar refractivity (Wildman–Crippen MR) is 67.6 cm³/mol. The fourth-order valence-electron chi connectivity index (χ4n) is 2.13. The maximum absolute atomic E-state index is 11.7. The number of hydrogen-bond acceptors (Lipinski definition) is 3. The van der Waals surface area contributed by atoms with Crippen LogP contribution < -0.4 is 5.73 Å². The molecule has 0 bridgehead atoms. The van der Waals surface area contributed by atoms with Gasteiger partial charge in [-0.25, -0.2) is 4.79 Å². The van der Waals surface area contributed by atoms with Gasteiger partial charge in [-0.05, 0) is 31.0 Å². The summed E-state index contributed by atoms with van der Waals surface area (Å²) < 4.78 is 4.74. The molecule has 1 aromatic heterocycles. The molecule has 0 fully saturated rings. The number of aryl methyl sites for hydroxylation is 2. The lowest BCUT2D eigenvalue weighted by atomic mass is 10.0. The van der Waals surface area contributed by atoms with Crippen molar-refractivity contribution in [3.8, 4) is 0 Å². The molecule has 0 aliphatic heterocycles. The summed E-state index contributed by atoms with van der Waals surface area (Å²) in [5.41, 5.74) is 8.40. The quantitative estimate of drug-likeness (QED) is 0.790. The van der Waals surface area contributed by atoms with Crippen LogP contribution in [-0.4, -0.2) is 24.0 Å². The van der Waals surface area contributed by atoms with Crippen molar-refractivity contribution in [3.63, 3.8) is 0 Å². The maximum Gasteiger partial charge on any atom is 0.338 e. The molecular weight excluding hydrogens is 232 g/mol. The van der Waals surface area contributed by atoms with Gasteiger partial charge in [0.1, 0.15) is 5.69 Å². The highest BCUT2D eigenvalue weighted by atomic mass is 16.5. The number of nitrogens with two attached hydrogens (primary N) is 1. The van der Waals surface area contributed by atoms with Gasteiger partial charge < -0.3 is 15.5 Å². The van der Waals surface area contributed by atoms with Gasteiger partial charge in [-0.15, -0.1) is 0 Å². The highest BCUT2D eigenvalue weighted by Gasteiger charge is 2.19. The van der Waals surface area contributed by atoms with E-state index in [4.69, 9.17) is 10.5 Å². The van der Waals surface area contributed by atoms with Gasteiger partial charge in [0.25, 0.3) is 5.91 Å². The molecule has 18 heavy (non-hydrogen) atoms. The summed E-state index contributed by atoms with van der Waals surface area (Å²) in [6.07, 6.45) is 0. The van der Waals surface area contributed by atoms with Crippen molar-refractivity contribution in [2.75, 3.05) is 7.11 Å². The van der Waals surface area contributed by atoms with E-state index >= 15 is 0 Å². The lowest BCUT2D eigenvalue weighted by Gasteiger charge is -2.04. The molecule has 0 saturated heterocycles. The van der Waals surface area contributed by atoms with Crippen molar-refractivity contribution >= 4 is 22.8 Å². The molecule has 0 unspecified atom stereocenters. The Morgan fingerprint density at radius 3 is 2.50 bits per heavy atom. The van der Waals surface area contributed by atoms with Crippen molar-refractivity contribution in [3.05, 3.63) is 34.5 Å². The van der Waals surface area contributed by atoms with Crippen molar-refractivity contribution in [1.29, 1.82) is 0 Å². The second-order valence-corrected chi connectivity index (χ2v) is 4.16. The predicted octanol–water partition coefficient (Wildman–Crippen LogP) is 1.67. The summed E-state index contributed by atoms with van der Waals surface area (Å²) in [4.78, 5) is 26.0. The smallest absolute Gasteiger partial charge is 0.338 e. The molecular formula is C13H14N2O3. The summed E-state index contributed by atoms with van der Waals surface area (Å²) in [5.74, 6) is -0.975. The average molecular weight is 246 g/mol. The molecule has 5 heteroatoms. The topological polar surface area (TPSA) is 85.2 Å². The summed E-state index contributed by atoms with van der Waals surface area (Å²) in [6, 6.07) is 3.49. The fraction of sp³-hybridized carbons (Fsp3) is 0.231. The second-order valence-electron chi connectivity index (χ2n) is 4.16. The number of benzene rings is 1. The molecule has 0 aliphatic rings. The zero-order valence-electron chi connectivity index (χ0n) is 10.5. The zero-order chi connectivity index (χ0) is 13.4. The Bertz CT molecular complexity index is 656. The monoisotopic (exact) mass is 246 g/mol. The van der Waals surface area contributed by atoms with E-state index in [9.17, 15) is 9.59 Å². The highest BCUT2D eigenvalue weighted by molar-refractivity contribution is 6.09. The number of carbonyl (C=O) groups is 2. The van der Waals surface area contributed by atoms with E-state index in [0.717, 1.165) is 11.1 Å². The van der Waals surface area contributed by atoms with E-state index in [1.54, 1.807) is 19.1 Å². The Morgan fingerprint density at radius 1 is 1.28 bits per heavy atom. The third-order valence-corrected chi connectivity index (χ3v) is 3.07. The first-order valence-electron chi connectivity index (χ1n) is 5.47. The standard InChI is InChI=1S/C13H14N2O3/c1-6-4-5-8(13(17)18-3)9-7(2)11(12(14)16)15-10(6)9/h4-5,15H,1-3H3,(H2,14,16). The van der Waals surface area contributed by atoms with Crippen LogP contribution in [0.25, 0.3) is 10.9 Å². The molecule has 3 N–H and O–H groups in total. The van der Waals surface area contributed by atoms with E-state index in [2.05, 4.69) is 4.98 Å². The Labute approximate surface area is 104 Å². The number of ether oxygens (including phenoxy) is 1. The van der Waals surface area contributed by atoms with Gasteiger partial charge in [-0.1, -0.05) is 6.07 Å². The number of aromatic nitrogens is 1. The first-order valence-corrected chi connectivity index (χ1v) is 5.47. The lowest BCUT2D eigenvalue weighted by molar-refractivity contribution is 0.0602. The number of carbonyl (C=O) groups excluding carboxylic acids is 2. The number of aromatic amines is 1. The van der Waals surface area contributed by atoms with E-state index in [1.165, 1.54) is 7.11 Å². The largest absolute Gasteiger partial charge is 0.465 e. The summed E-state index contributed by atoms with van der Waals surface area (Å²) >= 11 is 0. The summed E-state index contributed by atoms with van der Waals surface area (Å²) in [6.45, 7) is 3.65. The molecule has 0 radical (unpaired) electrons. The number of rotatable bonds is 2. The minimum atomic E-state index is -0.543. The highest BCUT2D eigenvalue weighted by Crippen LogP contribution is 2.28. The minimum Gasteiger partial charge on any atom is -0.465 e. The molecule has 1 amide bonds. The third-order valence-electron chi connectivity index (χ3n) is 3.07. The van der Waals surface area contributed by atoms with E-state index in [-0.39, 0.29) is 0 Å². The summed E-state index contributed by atoms with van der Waals surface area (Å²) in [7, 11) is 1.32. The molecule has 1 heterocycles. The molecule has 0 saturated carbocycles. The van der Waals surface area contributed by atoms with Crippen LogP contribution in [0.1, 0.15) is 32.0 Å². The Morgan fingerprint density at radius 2 is 1.94 bits per heavy atom. The van der Waals surface area contributed by atoms with E-state index in [1.807, 2.05) is 6.92 Å². The van der Waals surface area contributed by atoms with Crippen LogP contribution in [0.15, 0.2) is 12.1 Å².